The van der Waals surface area contributed by atoms with Gasteiger partial charge in [0.05, 0.1) is 62.2 Å². The number of hydrogen-bond acceptors (Lipinski definition) is 13. The highest BCUT2D eigenvalue weighted by Gasteiger charge is 2.50. The van der Waals surface area contributed by atoms with Gasteiger partial charge in [-0.3, -0.25) is 9.80 Å². The Hall–Kier alpha value is -7.87. The molecule has 1 unspecified atom stereocenters. The van der Waals surface area contributed by atoms with Gasteiger partial charge in [0.25, 0.3) is 0 Å². The standard InChI is InChI=1S/C65H66ClF6N7O6/c1-41-56(65(70,71)72)51(33-52(58(41)68)77(35-42-10-18-47(80-2)19-11-42)36-43-12-20-48(81-3)21-13-43)54-57(66)61-55-60(59(54)69)73-63(85-40-64-26-8-28-79(64)39-46(67)34-64)74-62(55)76(31-32-84-61)30-29-75-27-7-6-9-53(75)78(37-44-14-22-49(82-4)23-15-44)38-45-16-24-50(83-5)25-17-45/h6-7,9-25,27,33,46,53H,8,26,28-32,34-40H2,1-5H3/t46-,53?,64+/m1/s1. The molecule has 85 heavy (non-hydrogen) atoms. The van der Waals surface area contributed by atoms with Crippen LogP contribution < -0.4 is 38.2 Å². The molecule has 3 atom stereocenters. The van der Waals surface area contributed by atoms with Crippen LogP contribution in [0.3, 0.4) is 0 Å². The SMILES string of the molecule is COc1ccc(CN(Cc2ccc(OC)cc2)c2cc(-c3c(Cl)c4c5c(nc(OC[C@@]67CCCN6C[C@H](F)C7)nc5c3F)N(CCN3C=CC=CC3N(Cc3ccc(OC)cc3)Cc3ccc(OC)cc3)CCO4)c(C(F)(F)F)c(C)c2F)cc1. The molecule has 13 nitrogen and oxygen atoms in total. The Balaban J connectivity index is 1.01. The Labute approximate surface area is 495 Å². The summed E-state index contributed by atoms with van der Waals surface area (Å²) in [5, 5.41) is -0.469. The van der Waals surface area contributed by atoms with Crippen molar-refractivity contribution in [3.63, 3.8) is 0 Å². The molecule has 1 aromatic heterocycles. The monoisotopic (exact) mass is 1190 g/mol. The maximum atomic E-state index is 18.5. The number of methoxy groups -OCH3 is 4. The van der Waals surface area contributed by atoms with E-state index in [9.17, 15) is 0 Å². The molecule has 0 amide bonds. The van der Waals surface area contributed by atoms with Crippen molar-refractivity contribution in [1.29, 1.82) is 0 Å². The quantitative estimate of drug-likeness (QED) is 0.0640. The molecule has 6 aromatic carbocycles. The Morgan fingerprint density at radius 1 is 0.729 bits per heavy atom. The number of halogens is 7. The average Bonchev–Trinajstić information content (AvgIpc) is 1.99. The number of ether oxygens (including phenoxy) is 6. The average molecular weight is 1190 g/mol. The molecule has 11 rings (SSSR count). The predicted molar refractivity (Wildman–Crippen MR) is 316 cm³/mol. The molecule has 0 spiro atoms. The minimum atomic E-state index is -5.21. The topological polar surface area (TPSA) is 97.4 Å². The van der Waals surface area contributed by atoms with Gasteiger partial charge in [0.2, 0.25) is 0 Å². The summed E-state index contributed by atoms with van der Waals surface area (Å²) < 4.78 is 133. The molecule has 2 fully saturated rings. The van der Waals surface area contributed by atoms with E-state index in [2.05, 4.69) is 25.8 Å². The van der Waals surface area contributed by atoms with Crippen LogP contribution in [0.1, 0.15) is 52.6 Å². The van der Waals surface area contributed by atoms with Crippen LogP contribution in [0.4, 0.5) is 37.8 Å². The molecule has 2 saturated heterocycles. The van der Waals surface area contributed by atoms with E-state index < -0.39 is 62.3 Å². The zero-order chi connectivity index (χ0) is 59.6. The number of alkyl halides is 4. The molecule has 446 valence electrons. The first-order valence-corrected chi connectivity index (χ1v) is 28.6. The van der Waals surface area contributed by atoms with Gasteiger partial charge in [0.1, 0.15) is 65.7 Å². The van der Waals surface area contributed by atoms with Gasteiger partial charge in [-0.2, -0.15) is 23.1 Å². The summed E-state index contributed by atoms with van der Waals surface area (Å²) in [5.41, 5.74) is -1.48. The van der Waals surface area contributed by atoms with E-state index >= 15 is 26.3 Å². The van der Waals surface area contributed by atoms with E-state index in [1.54, 1.807) is 67.7 Å². The second-order valence-corrected chi connectivity index (χ2v) is 22.2. The van der Waals surface area contributed by atoms with Crippen molar-refractivity contribution >= 4 is 34.0 Å². The molecule has 5 heterocycles. The number of nitrogens with zero attached hydrogens (tertiary/aromatic N) is 7. The third-order valence-corrected chi connectivity index (χ3v) is 17.0. The molecule has 0 N–H and O–H groups in total. The van der Waals surface area contributed by atoms with Gasteiger partial charge in [-0.05, 0) is 121 Å². The summed E-state index contributed by atoms with van der Waals surface area (Å²) in [4.78, 5) is 19.7. The van der Waals surface area contributed by atoms with Gasteiger partial charge in [0.15, 0.2) is 11.6 Å². The van der Waals surface area contributed by atoms with Crippen molar-refractivity contribution in [1.82, 2.24) is 24.7 Å². The van der Waals surface area contributed by atoms with Crippen molar-refractivity contribution in [2.45, 2.75) is 76.4 Å². The minimum Gasteiger partial charge on any atom is -0.497 e. The molecule has 0 aliphatic carbocycles. The third-order valence-electron chi connectivity index (χ3n) is 16.6. The first-order valence-electron chi connectivity index (χ1n) is 28.2. The van der Waals surface area contributed by atoms with Crippen LogP contribution in [-0.2, 0) is 32.4 Å². The van der Waals surface area contributed by atoms with Crippen LogP contribution >= 0.6 is 11.6 Å². The highest BCUT2D eigenvalue weighted by molar-refractivity contribution is 6.36. The van der Waals surface area contributed by atoms with E-state index in [1.165, 1.54) is 14.2 Å². The van der Waals surface area contributed by atoms with Crippen LogP contribution in [0.2, 0.25) is 5.02 Å². The van der Waals surface area contributed by atoms with Crippen molar-refractivity contribution in [3.8, 4) is 45.9 Å². The number of fused-ring (bicyclic) bond motifs is 1. The molecular formula is C65H66ClF6N7O6. The van der Waals surface area contributed by atoms with Crippen molar-refractivity contribution in [3.05, 3.63) is 178 Å². The van der Waals surface area contributed by atoms with Crippen LogP contribution in [-0.4, -0.2) is 117 Å². The number of hydrogen-bond donors (Lipinski definition) is 0. The van der Waals surface area contributed by atoms with Gasteiger partial charge in [-0.15, -0.1) is 0 Å². The Morgan fingerprint density at radius 3 is 1.85 bits per heavy atom. The fraction of sp³-hybridized carbons (Fsp3) is 0.354. The summed E-state index contributed by atoms with van der Waals surface area (Å²) in [6.07, 6.45) is 3.21. The smallest absolute Gasteiger partial charge is 0.417 e. The van der Waals surface area contributed by atoms with Gasteiger partial charge in [-0.25, -0.2) is 13.2 Å². The van der Waals surface area contributed by atoms with Crippen LogP contribution in [0.5, 0.6) is 34.8 Å². The minimum absolute atomic E-state index is 0.0148. The Morgan fingerprint density at radius 2 is 1.29 bits per heavy atom. The molecule has 4 aliphatic heterocycles. The van der Waals surface area contributed by atoms with Gasteiger partial charge in [0, 0.05) is 69.6 Å². The second-order valence-electron chi connectivity index (χ2n) is 21.9. The number of benzene rings is 6. The zero-order valence-electron chi connectivity index (χ0n) is 47.9. The number of anilines is 2. The van der Waals surface area contributed by atoms with Crippen LogP contribution in [0.15, 0.2) is 128 Å². The van der Waals surface area contributed by atoms with Crippen LogP contribution in [0, 0.1) is 18.6 Å². The lowest BCUT2D eigenvalue weighted by molar-refractivity contribution is -0.137. The van der Waals surface area contributed by atoms with E-state index in [-0.39, 0.29) is 87.2 Å². The first-order chi connectivity index (χ1) is 41.1. The summed E-state index contributed by atoms with van der Waals surface area (Å²) in [7, 11) is 6.30. The van der Waals surface area contributed by atoms with E-state index in [0.717, 1.165) is 42.0 Å². The van der Waals surface area contributed by atoms with E-state index in [4.69, 9.17) is 45.0 Å². The zero-order valence-corrected chi connectivity index (χ0v) is 48.7. The Kier molecular flexibility index (Phi) is 17.3. The number of aromatic nitrogens is 2. The van der Waals surface area contributed by atoms with Crippen molar-refractivity contribution < 1.29 is 54.8 Å². The summed E-state index contributed by atoms with van der Waals surface area (Å²) in [6.45, 7) is 3.87. The summed E-state index contributed by atoms with van der Waals surface area (Å²) in [5.74, 6) is 0.248. The number of rotatable bonds is 21. The lowest BCUT2D eigenvalue weighted by Crippen LogP contribution is -2.47. The van der Waals surface area contributed by atoms with Crippen molar-refractivity contribution in [2.24, 2.45) is 0 Å². The molecule has 0 radical (unpaired) electrons. The molecule has 0 saturated carbocycles. The molecule has 0 bridgehead atoms. The fourth-order valence-corrected chi connectivity index (χ4v) is 12.6. The van der Waals surface area contributed by atoms with Gasteiger partial charge >= 0.3 is 12.2 Å². The molecule has 7 aromatic rings. The number of allylic oxidation sites excluding steroid dienone is 2. The van der Waals surface area contributed by atoms with Gasteiger partial charge in [-0.1, -0.05) is 66.2 Å². The molecule has 20 heteroatoms. The lowest BCUT2D eigenvalue weighted by Gasteiger charge is -2.40. The predicted octanol–water partition coefficient (Wildman–Crippen LogP) is 13.4. The maximum absolute atomic E-state index is 18.5. The summed E-state index contributed by atoms with van der Waals surface area (Å²) in [6, 6.07) is 30.6. The highest BCUT2D eigenvalue weighted by atomic mass is 35.5. The summed E-state index contributed by atoms with van der Waals surface area (Å²) >= 11 is 7.34. The van der Waals surface area contributed by atoms with Crippen LogP contribution in [0.25, 0.3) is 22.0 Å². The van der Waals surface area contributed by atoms with E-state index in [0.29, 0.717) is 55.2 Å². The Bertz CT molecular complexity index is 3480. The van der Waals surface area contributed by atoms with E-state index in [1.807, 2.05) is 71.8 Å². The highest BCUT2D eigenvalue weighted by Crippen LogP contribution is 2.52. The molecular weight excluding hydrogens is 1120 g/mol. The second kappa shape index (κ2) is 25.0. The largest absolute Gasteiger partial charge is 0.497 e. The lowest BCUT2D eigenvalue weighted by atomic mass is 9.92. The van der Waals surface area contributed by atoms with Gasteiger partial charge < -0.3 is 43.1 Å². The first kappa shape index (κ1) is 58.9. The fourth-order valence-electron chi connectivity index (χ4n) is 12.3. The van der Waals surface area contributed by atoms with Crippen molar-refractivity contribution in [2.75, 3.05) is 84.2 Å². The maximum Gasteiger partial charge on any atom is 0.417 e. The normalized spacial score (nSPS) is 18.4. The third kappa shape index (κ3) is 12.3. The molecule has 4 aliphatic rings.